The predicted octanol–water partition coefficient (Wildman–Crippen LogP) is 7.35. The summed E-state index contributed by atoms with van der Waals surface area (Å²) in [6.07, 6.45) is 4.93. The third-order valence-electron chi connectivity index (χ3n) is 6.52. The molecular weight excluding hydrogens is 572 g/mol. The second-order valence-electron chi connectivity index (χ2n) is 8.70. The number of nitrogens with zero attached hydrogens (tertiary/aromatic N) is 2. The van der Waals surface area contributed by atoms with Crippen molar-refractivity contribution in [2.45, 2.75) is 25.3 Å². The number of fused-ring (bicyclic) bond motifs is 1. The zero-order chi connectivity index (χ0) is 24.5. The Hall–Kier alpha value is -3.03. The Balaban J connectivity index is 1.60. The molecule has 35 heavy (non-hydrogen) atoms. The van der Waals surface area contributed by atoms with E-state index in [1.54, 1.807) is 18.2 Å². The monoisotopic (exact) mass is 592 g/mol. The first-order chi connectivity index (χ1) is 16.9. The number of amides is 1. The van der Waals surface area contributed by atoms with Crippen LogP contribution in [0.5, 0.6) is 0 Å². The molecule has 2 atom stereocenters. The molecule has 0 radical (unpaired) electrons. The number of hydrogen-bond donors (Lipinski definition) is 1. The SMILES string of the molecule is O=C(O)c1ccccc1C(=O)N1N=C2/C(=C/c3ccc(Br)cc3)CCC[C@H]2[C@@H]1c1ccc(Br)cc1. The fourth-order valence-electron chi connectivity index (χ4n) is 4.90. The van der Waals surface area contributed by atoms with E-state index in [4.69, 9.17) is 5.10 Å². The molecule has 176 valence electrons. The quantitative estimate of drug-likeness (QED) is 0.344. The highest BCUT2D eigenvalue weighted by molar-refractivity contribution is 9.10. The Labute approximate surface area is 220 Å². The standard InChI is InChI=1S/C28H22Br2N2O3/c29-20-12-8-17(9-13-20)16-19-4-3-7-24-25(19)31-32(26(24)18-10-14-21(30)15-11-18)27(33)22-5-1-2-6-23(22)28(34)35/h1-2,5-6,8-16,24,26H,3-4,7H2,(H,34,35)/b19-16+/t24-,26+/m1/s1. The number of hydrogen-bond acceptors (Lipinski definition) is 3. The summed E-state index contributed by atoms with van der Waals surface area (Å²) in [6, 6.07) is 22.1. The van der Waals surface area contributed by atoms with Gasteiger partial charge in [-0.25, -0.2) is 9.80 Å². The molecule has 5 nitrogen and oxygen atoms in total. The topological polar surface area (TPSA) is 70.0 Å². The van der Waals surface area contributed by atoms with Crippen LogP contribution in [0, 0.1) is 5.92 Å². The largest absolute Gasteiger partial charge is 0.478 e. The predicted molar refractivity (Wildman–Crippen MR) is 143 cm³/mol. The molecule has 1 saturated carbocycles. The Morgan fingerprint density at radius 1 is 0.914 bits per heavy atom. The zero-order valence-electron chi connectivity index (χ0n) is 18.7. The third-order valence-corrected chi connectivity index (χ3v) is 7.58. The second-order valence-corrected chi connectivity index (χ2v) is 10.5. The molecule has 0 aromatic heterocycles. The van der Waals surface area contributed by atoms with Crippen LogP contribution in [0.3, 0.4) is 0 Å². The molecule has 0 saturated heterocycles. The summed E-state index contributed by atoms with van der Waals surface area (Å²) in [6.45, 7) is 0. The minimum absolute atomic E-state index is 0.0206. The molecule has 1 aliphatic carbocycles. The van der Waals surface area contributed by atoms with E-state index in [-0.39, 0.29) is 23.1 Å². The van der Waals surface area contributed by atoms with E-state index in [0.717, 1.165) is 50.6 Å². The van der Waals surface area contributed by atoms with E-state index in [1.807, 2.05) is 36.4 Å². The van der Waals surface area contributed by atoms with Crippen molar-refractivity contribution >= 4 is 55.5 Å². The van der Waals surface area contributed by atoms with Gasteiger partial charge in [0.25, 0.3) is 5.91 Å². The van der Waals surface area contributed by atoms with Crippen molar-refractivity contribution in [3.05, 3.63) is 110 Å². The molecule has 3 aromatic carbocycles. The number of rotatable bonds is 4. The molecule has 1 fully saturated rings. The summed E-state index contributed by atoms with van der Waals surface area (Å²) in [5.74, 6) is -1.50. The lowest BCUT2D eigenvalue weighted by molar-refractivity contribution is 0.0646. The number of carbonyl (C=O) groups excluding carboxylic acids is 1. The molecule has 1 aliphatic heterocycles. The van der Waals surface area contributed by atoms with Crippen molar-refractivity contribution in [3.63, 3.8) is 0 Å². The molecule has 0 unspecified atom stereocenters. The van der Waals surface area contributed by atoms with Crippen LogP contribution in [0.4, 0.5) is 0 Å². The third kappa shape index (κ3) is 4.75. The summed E-state index contributed by atoms with van der Waals surface area (Å²) < 4.78 is 1.97. The molecule has 1 heterocycles. The Morgan fingerprint density at radius 2 is 1.54 bits per heavy atom. The van der Waals surface area contributed by atoms with Gasteiger partial charge in [0, 0.05) is 14.9 Å². The van der Waals surface area contributed by atoms with Crippen LogP contribution < -0.4 is 0 Å². The van der Waals surface area contributed by atoms with Crippen LogP contribution in [0.2, 0.25) is 0 Å². The van der Waals surface area contributed by atoms with Crippen LogP contribution >= 0.6 is 31.9 Å². The first-order valence-electron chi connectivity index (χ1n) is 11.4. The normalized spacial score (nSPS) is 20.5. The van der Waals surface area contributed by atoms with Gasteiger partial charge in [-0.2, -0.15) is 5.10 Å². The highest BCUT2D eigenvalue weighted by Crippen LogP contribution is 2.45. The highest BCUT2D eigenvalue weighted by atomic mass is 79.9. The van der Waals surface area contributed by atoms with Gasteiger partial charge in [-0.15, -0.1) is 0 Å². The van der Waals surface area contributed by atoms with E-state index in [2.05, 4.69) is 50.1 Å². The average Bonchev–Trinajstić information content (AvgIpc) is 3.26. The molecule has 1 amide bonds. The van der Waals surface area contributed by atoms with E-state index in [0.29, 0.717) is 0 Å². The number of hydrazone groups is 1. The van der Waals surface area contributed by atoms with Crippen molar-refractivity contribution in [1.82, 2.24) is 5.01 Å². The molecular formula is C28H22Br2N2O3. The molecule has 3 aromatic rings. The van der Waals surface area contributed by atoms with Crippen molar-refractivity contribution in [3.8, 4) is 0 Å². The molecule has 2 aliphatic rings. The van der Waals surface area contributed by atoms with Crippen LogP contribution in [0.1, 0.15) is 57.1 Å². The van der Waals surface area contributed by atoms with E-state index < -0.39 is 11.9 Å². The maximum atomic E-state index is 13.8. The average molecular weight is 594 g/mol. The van der Waals surface area contributed by atoms with E-state index in [1.165, 1.54) is 11.1 Å². The Bertz CT molecular complexity index is 1350. The van der Waals surface area contributed by atoms with Crippen LogP contribution in [-0.2, 0) is 0 Å². The molecule has 0 bridgehead atoms. The summed E-state index contributed by atoms with van der Waals surface area (Å²) in [4.78, 5) is 25.6. The summed E-state index contributed by atoms with van der Waals surface area (Å²) in [5, 5.41) is 16.1. The van der Waals surface area contributed by atoms with Crippen molar-refractivity contribution in [2.75, 3.05) is 0 Å². The fourth-order valence-corrected chi connectivity index (χ4v) is 5.43. The minimum atomic E-state index is -1.13. The lowest BCUT2D eigenvalue weighted by atomic mass is 9.77. The van der Waals surface area contributed by atoms with Gasteiger partial charge in [0.05, 0.1) is 22.9 Å². The first-order valence-corrected chi connectivity index (χ1v) is 13.0. The summed E-state index contributed by atoms with van der Waals surface area (Å²) in [5.41, 5.74) is 4.20. The van der Waals surface area contributed by atoms with Crippen LogP contribution in [0.25, 0.3) is 6.08 Å². The summed E-state index contributed by atoms with van der Waals surface area (Å²) >= 11 is 6.98. The maximum Gasteiger partial charge on any atom is 0.336 e. The van der Waals surface area contributed by atoms with Gasteiger partial charge < -0.3 is 5.11 Å². The Kier molecular flexibility index (Phi) is 6.71. The van der Waals surface area contributed by atoms with Gasteiger partial charge in [-0.05, 0) is 78.4 Å². The van der Waals surface area contributed by atoms with E-state index in [9.17, 15) is 14.7 Å². The van der Waals surface area contributed by atoms with Crippen LogP contribution in [0.15, 0.2) is 92.4 Å². The lowest BCUT2D eigenvalue weighted by Gasteiger charge is -2.30. The first kappa shape index (κ1) is 23.7. The zero-order valence-corrected chi connectivity index (χ0v) is 21.9. The molecule has 5 rings (SSSR count). The molecule has 1 N–H and O–H groups in total. The number of allylic oxidation sites excluding steroid dienone is 1. The minimum Gasteiger partial charge on any atom is -0.478 e. The van der Waals surface area contributed by atoms with Crippen molar-refractivity contribution in [2.24, 2.45) is 11.0 Å². The second kappa shape index (κ2) is 9.91. The number of halogens is 2. The van der Waals surface area contributed by atoms with Gasteiger partial charge in [0.1, 0.15) is 0 Å². The van der Waals surface area contributed by atoms with Crippen molar-refractivity contribution in [1.29, 1.82) is 0 Å². The lowest BCUT2D eigenvalue weighted by Crippen LogP contribution is -2.32. The van der Waals surface area contributed by atoms with Crippen molar-refractivity contribution < 1.29 is 14.7 Å². The smallest absolute Gasteiger partial charge is 0.336 e. The molecule has 0 spiro atoms. The van der Waals surface area contributed by atoms with Gasteiger partial charge in [-0.1, -0.05) is 68.3 Å². The summed E-state index contributed by atoms with van der Waals surface area (Å²) in [7, 11) is 0. The molecule has 7 heteroatoms. The number of benzene rings is 3. The van der Waals surface area contributed by atoms with Crippen LogP contribution in [-0.4, -0.2) is 27.7 Å². The highest BCUT2D eigenvalue weighted by Gasteiger charge is 2.44. The number of carboxylic acid groups (broad SMARTS) is 1. The van der Waals surface area contributed by atoms with Gasteiger partial charge in [-0.3, -0.25) is 4.79 Å². The van der Waals surface area contributed by atoms with Gasteiger partial charge in [0.2, 0.25) is 0 Å². The number of carboxylic acids is 1. The maximum absolute atomic E-state index is 13.8. The van der Waals surface area contributed by atoms with Gasteiger partial charge in [0.15, 0.2) is 0 Å². The van der Waals surface area contributed by atoms with E-state index >= 15 is 0 Å². The fraction of sp³-hybridized carbons (Fsp3) is 0.179. The Morgan fingerprint density at radius 3 is 2.20 bits per heavy atom. The number of aromatic carboxylic acids is 1. The number of carbonyl (C=O) groups is 2. The van der Waals surface area contributed by atoms with Gasteiger partial charge >= 0.3 is 5.97 Å².